The summed E-state index contributed by atoms with van der Waals surface area (Å²) in [7, 11) is 0. The average Bonchev–Trinajstić information content (AvgIpc) is 3.00. The highest BCUT2D eigenvalue weighted by Gasteiger charge is 2.68. The van der Waals surface area contributed by atoms with E-state index in [2.05, 4.69) is 0 Å². The van der Waals surface area contributed by atoms with Gasteiger partial charge in [0.25, 0.3) is 0 Å². The molecule has 12 aliphatic carbocycles. The van der Waals surface area contributed by atoms with E-state index in [1.165, 1.54) is 38.5 Å². The second-order valence-corrected chi connectivity index (χ2v) is 19.3. The molecule has 13 rings (SSSR count). The molecule has 0 aromatic heterocycles. The van der Waals surface area contributed by atoms with Crippen molar-refractivity contribution >= 4 is 17.9 Å². The van der Waals surface area contributed by atoms with Gasteiger partial charge in [-0.05, 0) is 151 Å². The molecule has 1 N–H and O–H groups in total. The van der Waals surface area contributed by atoms with Crippen LogP contribution < -0.4 is 0 Å². The average molecular weight is 637 g/mol. The van der Waals surface area contributed by atoms with Gasteiger partial charge in [0.2, 0.25) is 0 Å². The van der Waals surface area contributed by atoms with Gasteiger partial charge in [-0.15, -0.1) is 0 Å². The van der Waals surface area contributed by atoms with Crippen LogP contribution in [0.3, 0.4) is 0 Å². The number of aliphatic carboxylic acids is 1. The second-order valence-electron chi connectivity index (χ2n) is 19.3. The molecule has 8 nitrogen and oxygen atoms in total. The van der Waals surface area contributed by atoms with Crippen LogP contribution in [-0.2, 0) is 33.3 Å². The number of esters is 2. The van der Waals surface area contributed by atoms with E-state index in [9.17, 15) is 19.5 Å². The van der Waals surface area contributed by atoms with Crippen molar-refractivity contribution < 1.29 is 38.4 Å². The van der Waals surface area contributed by atoms with E-state index >= 15 is 0 Å². The number of carbonyl (C=O) groups is 3. The molecule has 12 saturated carbocycles. The van der Waals surface area contributed by atoms with E-state index < -0.39 is 22.6 Å². The Morgan fingerprint density at radius 1 is 0.522 bits per heavy atom. The van der Waals surface area contributed by atoms with Crippen molar-refractivity contribution in [2.24, 2.45) is 74.9 Å². The van der Waals surface area contributed by atoms with Crippen molar-refractivity contribution in [1.29, 1.82) is 0 Å². The van der Waals surface area contributed by atoms with Crippen molar-refractivity contribution in [3.8, 4) is 0 Å². The predicted octanol–water partition coefficient (Wildman–Crippen LogP) is 6.15. The van der Waals surface area contributed by atoms with Crippen LogP contribution in [-0.4, -0.2) is 55.2 Å². The van der Waals surface area contributed by atoms with Crippen LogP contribution in [0.2, 0.25) is 0 Å². The summed E-state index contributed by atoms with van der Waals surface area (Å²) in [5.41, 5.74) is -2.12. The fourth-order valence-electron chi connectivity index (χ4n) is 14.9. The molecule has 13 fully saturated rings. The standard InChI is InChI=1S/C38H52O8/c39-31(40)35-9-28-7-29(16-35)38(30(8-28)17-35)45-20-34(21-46-38,18-43-32(41)36-10-22-1-23(11-36)3-24(2-22)12-36)19-44-33(42)37-13-25-4-26(14-37)6-27(5-25)15-37/h22-30H,1-21H2,(H,39,40). The molecule has 252 valence electrons. The fourth-order valence-corrected chi connectivity index (χ4v) is 14.9. The number of carboxylic acids is 1. The topological polar surface area (TPSA) is 108 Å². The monoisotopic (exact) mass is 636 g/mol. The maximum absolute atomic E-state index is 14.0. The van der Waals surface area contributed by atoms with Crippen molar-refractivity contribution in [3.05, 3.63) is 0 Å². The first-order valence-corrected chi connectivity index (χ1v) is 18.9. The van der Waals surface area contributed by atoms with Gasteiger partial charge < -0.3 is 24.1 Å². The van der Waals surface area contributed by atoms with Gasteiger partial charge in [-0.25, -0.2) is 0 Å². The van der Waals surface area contributed by atoms with Crippen LogP contribution in [0.5, 0.6) is 0 Å². The van der Waals surface area contributed by atoms with Gasteiger partial charge in [-0.1, -0.05) is 0 Å². The third-order valence-electron chi connectivity index (χ3n) is 16.0. The summed E-state index contributed by atoms with van der Waals surface area (Å²) < 4.78 is 26.3. The molecule has 1 heterocycles. The summed E-state index contributed by atoms with van der Waals surface area (Å²) >= 11 is 0. The molecule has 1 aliphatic heterocycles. The third-order valence-corrected chi connectivity index (χ3v) is 16.0. The van der Waals surface area contributed by atoms with E-state index in [0.717, 1.165) is 57.8 Å². The smallest absolute Gasteiger partial charge is 0.312 e. The normalized spacial score (nSPS) is 55.2. The summed E-state index contributed by atoms with van der Waals surface area (Å²) in [6.45, 7) is 0.865. The maximum Gasteiger partial charge on any atom is 0.312 e. The second kappa shape index (κ2) is 9.73. The van der Waals surface area contributed by atoms with Crippen molar-refractivity contribution in [2.75, 3.05) is 26.4 Å². The zero-order valence-electron chi connectivity index (χ0n) is 27.4. The largest absolute Gasteiger partial charge is 0.481 e. The minimum atomic E-state index is -0.784. The van der Waals surface area contributed by atoms with E-state index in [1.807, 2.05) is 0 Å². The van der Waals surface area contributed by atoms with Gasteiger partial charge >= 0.3 is 17.9 Å². The number of carbonyl (C=O) groups excluding carboxylic acids is 2. The molecule has 0 aromatic rings. The van der Waals surface area contributed by atoms with Gasteiger partial charge in [0.05, 0.1) is 34.9 Å². The summed E-state index contributed by atoms with van der Waals surface area (Å²) in [6, 6.07) is 0. The Labute approximate surface area is 272 Å². The molecule has 0 aromatic carbocycles. The van der Waals surface area contributed by atoms with E-state index in [1.54, 1.807) is 0 Å². The van der Waals surface area contributed by atoms with E-state index in [-0.39, 0.29) is 47.8 Å². The lowest BCUT2D eigenvalue weighted by molar-refractivity contribution is -0.391. The minimum Gasteiger partial charge on any atom is -0.481 e. The Kier molecular flexibility index (Phi) is 6.19. The van der Waals surface area contributed by atoms with Crippen LogP contribution in [0.15, 0.2) is 0 Å². The number of rotatable bonds is 7. The number of hydrogen-bond donors (Lipinski definition) is 1. The first-order chi connectivity index (χ1) is 22.1. The molecule has 8 heteroatoms. The molecule has 0 amide bonds. The quantitative estimate of drug-likeness (QED) is 0.332. The zero-order chi connectivity index (χ0) is 31.1. The van der Waals surface area contributed by atoms with E-state index in [0.29, 0.717) is 67.5 Å². The summed E-state index contributed by atoms with van der Waals surface area (Å²) in [6.07, 6.45) is 17.2. The molecular formula is C38H52O8. The highest BCUT2D eigenvalue weighted by atomic mass is 16.7. The zero-order valence-corrected chi connectivity index (χ0v) is 27.4. The summed E-state index contributed by atoms with van der Waals surface area (Å²) in [5.74, 6) is 2.88. The maximum atomic E-state index is 14.0. The Hall–Kier alpha value is -1.67. The van der Waals surface area contributed by atoms with Crippen LogP contribution >= 0.6 is 0 Å². The number of hydrogen-bond acceptors (Lipinski definition) is 7. The highest BCUT2D eigenvalue weighted by Crippen LogP contribution is 2.66. The molecule has 12 bridgehead atoms. The van der Waals surface area contributed by atoms with Gasteiger partial charge in [-0.2, -0.15) is 0 Å². The summed E-state index contributed by atoms with van der Waals surface area (Å²) in [5, 5.41) is 10.2. The lowest BCUT2D eigenvalue weighted by Gasteiger charge is -2.64. The lowest BCUT2D eigenvalue weighted by atomic mass is 9.47. The van der Waals surface area contributed by atoms with Crippen LogP contribution in [0.4, 0.5) is 0 Å². The first-order valence-electron chi connectivity index (χ1n) is 18.9. The van der Waals surface area contributed by atoms with Crippen molar-refractivity contribution in [3.63, 3.8) is 0 Å². The van der Waals surface area contributed by atoms with E-state index in [4.69, 9.17) is 18.9 Å². The van der Waals surface area contributed by atoms with Crippen LogP contribution in [0.25, 0.3) is 0 Å². The Morgan fingerprint density at radius 2 is 0.870 bits per heavy atom. The molecule has 0 radical (unpaired) electrons. The molecular weight excluding hydrogens is 584 g/mol. The van der Waals surface area contributed by atoms with Crippen LogP contribution in [0, 0.1) is 74.9 Å². The SMILES string of the molecule is O=C(O)C12CC3CC(C1)C1(OCC(COC(=O)C45CC6CC(CC(C6)C4)C5)(COC(=O)C45CC6CC(CC(C6)C4)C5)CO1)C(C3)C2. The summed E-state index contributed by atoms with van der Waals surface area (Å²) in [4.78, 5) is 40.4. The predicted molar refractivity (Wildman–Crippen MR) is 164 cm³/mol. The Morgan fingerprint density at radius 3 is 1.24 bits per heavy atom. The lowest BCUT2D eigenvalue weighted by Crippen LogP contribution is -2.68. The van der Waals surface area contributed by atoms with Crippen molar-refractivity contribution in [1.82, 2.24) is 0 Å². The third kappa shape index (κ3) is 4.19. The molecule has 2 unspecified atom stereocenters. The molecule has 13 aliphatic rings. The fraction of sp³-hybridized carbons (Fsp3) is 0.921. The Bertz CT molecular complexity index is 1170. The highest BCUT2D eigenvalue weighted by molar-refractivity contribution is 5.78. The Balaban J connectivity index is 0.880. The van der Waals surface area contributed by atoms with Gasteiger partial charge in [0.15, 0.2) is 5.79 Å². The van der Waals surface area contributed by atoms with Gasteiger partial charge in [0, 0.05) is 11.8 Å². The van der Waals surface area contributed by atoms with Crippen LogP contribution in [0.1, 0.15) is 109 Å². The molecule has 46 heavy (non-hydrogen) atoms. The molecule has 2 atom stereocenters. The minimum absolute atomic E-state index is 0.0528. The van der Waals surface area contributed by atoms with Crippen molar-refractivity contribution in [2.45, 2.75) is 115 Å². The molecule has 1 saturated heterocycles. The molecule has 1 spiro atoms. The number of ether oxygens (including phenoxy) is 4. The first kappa shape index (κ1) is 29.3. The number of carboxylic acid groups (broad SMARTS) is 1. The van der Waals surface area contributed by atoms with Gasteiger partial charge in [-0.3, -0.25) is 14.4 Å². The van der Waals surface area contributed by atoms with Gasteiger partial charge in [0.1, 0.15) is 13.2 Å².